The Balaban J connectivity index is 1.42. The maximum atomic E-state index is 14.5. The number of fused-ring (bicyclic) bond motifs is 1. The van der Waals surface area contributed by atoms with E-state index in [4.69, 9.17) is 0 Å². The molecule has 29 heavy (non-hydrogen) atoms. The Morgan fingerprint density at radius 2 is 1.83 bits per heavy atom. The van der Waals surface area contributed by atoms with Gasteiger partial charge in [0.25, 0.3) is 11.8 Å². The molecule has 2 heterocycles. The van der Waals surface area contributed by atoms with E-state index in [1.807, 2.05) is 4.90 Å². The van der Waals surface area contributed by atoms with Crippen LogP contribution in [0.15, 0.2) is 40.2 Å². The van der Waals surface area contributed by atoms with Gasteiger partial charge in [0.15, 0.2) is 0 Å². The minimum absolute atomic E-state index is 0.206. The molecule has 0 aromatic heterocycles. The van der Waals surface area contributed by atoms with Gasteiger partial charge in [0.05, 0.1) is 10.5 Å². The molecule has 2 aliphatic heterocycles. The fraction of sp³-hybridized carbons (Fsp3) is 0.333. The molecule has 2 aliphatic rings. The molecule has 0 unspecified atom stereocenters. The van der Waals surface area contributed by atoms with E-state index in [-0.39, 0.29) is 32.5 Å². The maximum Gasteiger partial charge on any atom is 0.277 e. The van der Waals surface area contributed by atoms with Crippen LogP contribution in [0.5, 0.6) is 0 Å². The number of carbonyl (C=O) groups is 1. The monoisotopic (exact) mass is 422 g/mol. The molecule has 3 nitrogen and oxygen atoms in total. The van der Waals surface area contributed by atoms with E-state index in [0.717, 1.165) is 0 Å². The van der Waals surface area contributed by atoms with Crippen LogP contribution >= 0.6 is 11.8 Å². The average molecular weight is 422 g/mol. The summed E-state index contributed by atoms with van der Waals surface area (Å²) in [5.74, 6) is -3.56. The number of piperidine rings is 1. The molecule has 1 fully saturated rings. The second-order valence-corrected chi connectivity index (χ2v) is 8.23. The van der Waals surface area contributed by atoms with Gasteiger partial charge in [-0.3, -0.25) is 9.69 Å². The highest BCUT2D eigenvalue weighted by Crippen LogP contribution is 2.33. The standard InChI is InChI=1S/C21H18F4N2OS/c22-17-4-3-15-16(10-26-20(15)28)19(17)29-12-13-1-2-14(18(23)9-13)11-27-7-5-21(24,25)6-8-27/h1-4,9-10H,5-8,11-12H2. The molecular weight excluding hydrogens is 404 g/mol. The lowest BCUT2D eigenvalue weighted by atomic mass is 10.1. The molecule has 0 saturated carbocycles. The molecule has 2 aromatic rings. The van der Waals surface area contributed by atoms with E-state index >= 15 is 0 Å². The minimum atomic E-state index is -2.63. The largest absolute Gasteiger partial charge is 0.299 e. The summed E-state index contributed by atoms with van der Waals surface area (Å²) in [6, 6.07) is 7.44. The number of carbonyl (C=O) groups excluding carboxylic acids is 1. The van der Waals surface area contributed by atoms with Crippen LogP contribution in [-0.4, -0.2) is 36.0 Å². The van der Waals surface area contributed by atoms with Crippen molar-refractivity contribution < 1.29 is 22.4 Å². The van der Waals surface area contributed by atoms with Crippen molar-refractivity contribution in [2.75, 3.05) is 13.1 Å². The maximum absolute atomic E-state index is 14.5. The van der Waals surface area contributed by atoms with E-state index < -0.39 is 23.5 Å². The summed E-state index contributed by atoms with van der Waals surface area (Å²) < 4.78 is 55.2. The highest BCUT2D eigenvalue weighted by atomic mass is 32.2. The van der Waals surface area contributed by atoms with Crippen LogP contribution in [0.1, 0.15) is 39.9 Å². The lowest BCUT2D eigenvalue weighted by Crippen LogP contribution is -2.38. The molecule has 1 saturated heterocycles. The number of aliphatic imine (C=N–C) groups is 1. The van der Waals surface area contributed by atoms with Gasteiger partial charge in [-0.1, -0.05) is 12.1 Å². The van der Waals surface area contributed by atoms with Gasteiger partial charge in [-0.15, -0.1) is 11.8 Å². The summed E-state index contributed by atoms with van der Waals surface area (Å²) in [6.07, 6.45) is 0.944. The van der Waals surface area contributed by atoms with Gasteiger partial charge in [0.1, 0.15) is 11.6 Å². The van der Waals surface area contributed by atoms with Crippen molar-refractivity contribution >= 4 is 23.9 Å². The second-order valence-electron chi connectivity index (χ2n) is 7.25. The normalized spacial score (nSPS) is 18.3. The molecule has 0 radical (unpaired) electrons. The first-order valence-corrected chi connectivity index (χ1v) is 10.2. The number of hydrogen-bond acceptors (Lipinski definition) is 3. The van der Waals surface area contributed by atoms with Gasteiger partial charge in [-0.2, -0.15) is 0 Å². The molecule has 0 spiro atoms. The summed E-state index contributed by atoms with van der Waals surface area (Å²) in [5, 5.41) is 0. The van der Waals surface area contributed by atoms with Crippen LogP contribution < -0.4 is 0 Å². The van der Waals surface area contributed by atoms with Crippen LogP contribution in [0, 0.1) is 11.6 Å². The summed E-state index contributed by atoms with van der Waals surface area (Å²) >= 11 is 1.18. The second kappa shape index (κ2) is 7.91. The number of nitrogens with zero attached hydrogens (tertiary/aromatic N) is 2. The molecule has 2 aromatic carbocycles. The van der Waals surface area contributed by atoms with Gasteiger partial charge in [0.2, 0.25) is 0 Å². The molecule has 1 amide bonds. The zero-order valence-electron chi connectivity index (χ0n) is 15.4. The first kappa shape index (κ1) is 20.1. The smallest absolute Gasteiger partial charge is 0.277 e. The van der Waals surface area contributed by atoms with E-state index in [1.54, 1.807) is 12.1 Å². The zero-order chi connectivity index (χ0) is 20.6. The van der Waals surface area contributed by atoms with Gasteiger partial charge in [0, 0.05) is 55.6 Å². The minimum Gasteiger partial charge on any atom is -0.299 e. The summed E-state index contributed by atoms with van der Waals surface area (Å²) in [7, 11) is 0. The van der Waals surface area contributed by atoms with Crippen molar-refractivity contribution in [2.45, 2.75) is 36.0 Å². The molecule has 0 N–H and O–H groups in total. The Morgan fingerprint density at radius 3 is 2.55 bits per heavy atom. The molecular formula is C21H18F4N2OS. The number of rotatable bonds is 5. The average Bonchev–Trinajstić information content (AvgIpc) is 3.05. The predicted molar refractivity (Wildman–Crippen MR) is 104 cm³/mol. The van der Waals surface area contributed by atoms with Crippen LogP contribution in [0.4, 0.5) is 17.6 Å². The van der Waals surface area contributed by atoms with E-state index in [2.05, 4.69) is 4.99 Å². The number of halogens is 4. The molecule has 0 atom stereocenters. The molecule has 8 heteroatoms. The van der Waals surface area contributed by atoms with Gasteiger partial charge < -0.3 is 0 Å². The fourth-order valence-electron chi connectivity index (χ4n) is 3.47. The first-order valence-electron chi connectivity index (χ1n) is 9.23. The lowest BCUT2D eigenvalue weighted by Gasteiger charge is -2.31. The Kier molecular flexibility index (Phi) is 5.48. The number of amides is 1. The van der Waals surface area contributed by atoms with Crippen molar-refractivity contribution in [2.24, 2.45) is 4.99 Å². The fourth-order valence-corrected chi connectivity index (χ4v) is 4.49. The lowest BCUT2D eigenvalue weighted by molar-refractivity contribution is -0.0567. The quantitative estimate of drug-likeness (QED) is 0.499. The number of thioether (sulfide) groups is 1. The predicted octanol–water partition coefficient (Wildman–Crippen LogP) is 5.06. The summed E-state index contributed by atoms with van der Waals surface area (Å²) in [6.45, 7) is 0.764. The highest BCUT2D eigenvalue weighted by molar-refractivity contribution is 7.98. The summed E-state index contributed by atoms with van der Waals surface area (Å²) in [4.78, 5) is 17.5. The molecule has 152 valence electrons. The Labute approximate surface area is 169 Å². The van der Waals surface area contributed by atoms with Crippen LogP contribution in [0.3, 0.4) is 0 Å². The van der Waals surface area contributed by atoms with Crippen LogP contribution in [-0.2, 0) is 12.3 Å². The van der Waals surface area contributed by atoms with Crippen molar-refractivity contribution in [1.82, 2.24) is 4.90 Å². The molecule has 4 rings (SSSR count). The van der Waals surface area contributed by atoms with Crippen molar-refractivity contribution in [3.05, 3.63) is 64.2 Å². The van der Waals surface area contributed by atoms with Gasteiger partial charge >= 0.3 is 0 Å². The number of alkyl halides is 2. The summed E-state index contributed by atoms with van der Waals surface area (Å²) in [5.41, 5.74) is 1.94. The SMILES string of the molecule is O=C1N=Cc2c1ccc(F)c2SCc1ccc(CN2CCC(F)(F)CC2)c(F)c1. The van der Waals surface area contributed by atoms with E-state index in [0.29, 0.717) is 32.9 Å². The Morgan fingerprint density at radius 1 is 1.07 bits per heavy atom. The van der Waals surface area contributed by atoms with Crippen molar-refractivity contribution in [3.63, 3.8) is 0 Å². The van der Waals surface area contributed by atoms with Gasteiger partial charge in [-0.25, -0.2) is 22.6 Å². The number of hydrogen-bond donors (Lipinski definition) is 0. The molecule has 0 bridgehead atoms. The zero-order valence-corrected chi connectivity index (χ0v) is 16.2. The third-order valence-corrected chi connectivity index (χ3v) is 6.35. The van der Waals surface area contributed by atoms with Crippen molar-refractivity contribution in [3.8, 4) is 0 Å². The van der Waals surface area contributed by atoms with E-state index in [1.165, 1.54) is 36.2 Å². The van der Waals surface area contributed by atoms with Crippen LogP contribution in [0.25, 0.3) is 0 Å². The molecule has 0 aliphatic carbocycles. The highest BCUT2D eigenvalue weighted by Gasteiger charge is 2.34. The number of benzene rings is 2. The Hall–Kier alpha value is -2.19. The number of likely N-dealkylation sites (tertiary alicyclic amines) is 1. The third-order valence-electron chi connectivity index (χ3n) is 5.17. The van der Waals surface area contributed by atoms with Crippen LogP contribution in [0.2, 0.25) is 0 Å². The van der Waals surface area contributed by atoms with Crippen molar-refractivity contribution in [1.29, 1.82) is 0 Å². The van der Waals surface area contributed by atoms with E-state index in [9.17, 15) is 22.4 Å². The third kappa shape index (κ3) is 4.38. The Bertz CT molecular complexity index is 983. The topological polar surface area (TPSA) is 32.7 Å². The van der Waals surface area contributed by atoms with Gasteiger partial charge in [-0.05, 0) is 23.8 Å². The first-order chi connectivity index (χ1) is 13.8.